The number of aryl methyl sites for hydroxylation is 1. The molecule has 63 heavy (non-hydrogen) atoms. The van der Waals surface area contributed by atoms with E-state index in [-0.39, 0.29) is 36.7 Å². The Morgan fingerprint density at radius 3 is 1.62 bits per heavy atom. The maximum Gasteiger partial charge on any atom is 0.355 e. The largest absolute Gasteiger partial charge is 0.457 e. The molecule has 6 atom stereocenters. The van der Waals surface area contributed by atoms with Crippen LogP contribution in [0.15, 0.2) is 138 Å². The summed E-state index contributed by atoms with van der Waals surface area (Å²) in [6, 6.07) is 10.8. The molecule has 0 saturated carbocycles. The molecule has 0 bridgehead atoms. The SMILES string of the molecule is C=C1C=C[C@@H](OC(=O)c2ccc(N(C)C)cc2)CC12CC(=O)O[C@@H]2/C=C(\C)CCC=C(C)C.C=C1C=C[C@@H](OC(=O)c2cccn2C)CC12CC(=O)O[C@@H]2/C=C(\C)CCC=C(C)C. The lowest BCUT2D eigenvalue weighted by Gasteiger charge is -2.37. The molecule has 2 fully saturated rings. The van der Waals surface area contributed by atoms with Crippen molar-refractivity contribution < 1.29 is 38.1 Å². The predicted molar refractivity (Wildman–Crippen MR) is 249 cm³/mol. The lowest BCUT2D eigenvalue weighted by molar-refractivity contribution is -0.141. The lowest BCUT2D eigenvalue weighted by Crippen LogP contribution is -2.38. The summed E-state index contributed by atoms with van der Waals surface area (Å²) in [5.41, 5.74) is 7.44. The second-order valence-electron chi connectivity index (χ2n) is 18.2. The van der Waals surface area contributed by atoms with Gasteiger partial charge in [0, 0.05) is 56.7 Å². The van der Waals surface area contributed by atoms with E-state index in [1.54, 1.807) is 42.1 Å². The fourth-order valence-corrected chi connectivity index (χ4v) is 8.55. The number of hydrogen-bond acceptors (Lipinski definition) is 9. The highest BCUT2D eigenvalue weighted by Crippen LogP contribution is 2.51. The molecular formula is C53H66N2O8. The van der Waals surface area contributed by atoms with Crippen LogP contribution in [-0.2, 0) is 35.6 Å². The van der Waals surface area contributed by atoms with Gasteiger partial charge >= 0.3 is 23.9 Å². The van der Waals surface area contributed by atoms with E-state index >= 15 is 0 Å². The number of esters is 4. The number of nitrogens with zero attached hydrogens (tertiary/aromatic N) is 2. The Morgan fingerprint density at radius 2 is 1.21 bits per heavy atom. The average Bonchev–Trinajstić information content (AvgIpc) is 3.88. The van der Waals surface area contributed by atoms with Gasteiger partial charge in [0.25, 0.3) is 0 Å². The van der Waals surface area contributed by atoms with Crippen molar-refractivity contribution in [2.75, 3.05) is 19.0 Å². The van der Waals surface area contributed by atoms with Gasteiger partial charge in [-0.05, 0) is 139 Å². The van der Waals surface area contributed by atoms with E-state index in [4.69, 9.17) is 18.9 Å². The number of anilines is 1. The van der Waals surface area contributed by atoms with Gasteiger partial charge < -0.3 is 28.4 Å². The second kappa shape index (κ2) is 21.0. The Kier molecular flexibility index (Phi) is 16.0. The third-order valence-electron chi connectivity index (χ3n) is 12.3. The summed E-state index contributed by atoms with van der Waals surface area (Å²) in [6.45, 7) is 20.9. The molecule has 2 aromatic rings. The zero-order chi connectivity index (χ0) is 46.1. The average molecular weight is 859 g/mol. The number of benzene rings is 1. The predicted octanol–water partition coefficient (Wildman–Crippen LogP) is 10.8. The first-order valence-corrected chi connectivity index (χ1v) is 21.9. The van der Waals surface area contributed by atoms with E-state index in [2.05, 4.69) is 66.9 Å². The molecule has 2 aliphatic heterocycles. The molecule has 336 valence electrons. The van der Waals surface area contributed by atoms with E-state index in [1.807, 2.05) is 67.6 Å². The van der Waals surface area contributed by atoms with Gasteiger partial charge in [-0.15, -0.1) is 0 Å². The molecule has 0 amide bonds. The van der Waals surface area contributed by atoms with Gasteiger partial charge in [0.1, 0.15) is 30.1 Å². The molecule has 2 spiro atoms. The molecule has 1 aromatic heterocycles. The first-order chi connectivity index (χ1) is 29.8. The Hall–Kier alpha value is -5.90. The molecule has 2 unspecified atom stereocenters. The Morgan fingerprint density at radius 1 is 0.746 bits per heavy atom. The molecule has 10 nitrogen and oxygen atoms in total. The van der Waals surface area contributed by atoms with Crippen LogP contribution in [0.2, 0.25) is 0 Å². The van der Waals surface area contributed by atoms with Crippen molar-refractivity contribution in [1.29, 1.82) is 0 Å². The molecule has 0 radical (unpaired) electrons. The first kappa shape index (κ1) is 48.1. The van der Waals surface area contributed by atoms with Crippen LogP contribution in [0.4, 0.5) is 5.69 Å². The zero-order valence-corrected chi connectivity index (χ0v) is 38.7. The van der Waals surface area contributed by atoms with Gasteiger partial charge in [0.15, 0.2) is 0 Å². The van der Waals surface area contributed by atoms with Crippen molar-refractivity contribution in [3.63, 3.8) is 0 Å². The fourth-order valence-electron chi connectivity index (χ4n) is 8.55. The number of aromatic nitrogens is 1. The molecular weight excluding hydrogens is 793 g/mol. The first-order valence-electron chi connectivity index (χ1n) is 21.9. The minimum atomic E-state index is -0.594. The topological polar surface area (TPSA) is 113 Å². The monoisotopic (exact) mass is 858 g/mol. The number of carbonyl (C=O) groups is 4. The van der Waals surface area contributed by atoms with Gasteiger partial charge in [0.2, 0.25) is 0 Å². The zero-order valence-electron chi connectivity index (χ0n) is 38.7. The van der Waals surface area contributed by atoms with Crippen LogP contribution in [0.5, 0.6) is 0 Å². The molecule has 6 rings (SSSR count). The van der Waals surface area contributed by atoms with Crippen LogP contribution in [0, 0.1) is 10.8 Å². The van der Waals surface area contributed by atoms with Crippen LogP contribution in [0.1, 0.15) is 114 Å². The van der Waals surface area contributed by atoms with Gasteiger partial charge in [-0.2, -0.15) is 0 Å². The maximum atomic E-state index is 12.8. The molecule has 1 aromatic carbocycles. The summed E-state index contributed by atoms with van der Waals surface area (Å²) in [7, 11) is 5.70. The summed E-state index contributed by atoms with van der Waals surface area (Å²) in [5, 5.41) is 0. The van der Waals surface area contributed by atoms with Crippen molar-refractivity contribution >= 4 is 29.6 Å². The summed E-state index contributed by atoms with van der Waals surface area (Å²) in [5.74, 6) is -1.24. The quantitative estimate of drug-likeness (QED) is 0.110. The fraction of sp³-hybridized carbons (Fsp3) is 0.434. The van der Waals surface area contributed by atoms with Crippen LogP contribution < -0.4 is 4.90 Å². The van der Waals surface area contributed by atoms with E-state index in [0.29, 0.717) is 24.1 Å². The standard InChI is InChI=1S/C28H35NO4.C25H31NO4/c1-19(2)8-7-9-20(3)16-25-28(18-26(30)33-25)17-24(15-10-21(28)4)32-27(31)22-11-13-23(14-12-22)29(5)6;1-17(2)8-6-9-18(3)14-22-25(16-23(27)30-22)15-20(12-11-19(25)4)29-24(28)21-10-7-13-26(21)5/h8,10-16,24-25H,4,7,9,17-18H2,1-3,5-6H3;7-8,10-14,20,22H,4,6,9,15-16H2,1-3,5H3/b20-16+;18-14+/t24-,25-,28?;20-,22-,25?/m11/s1. The van der Waals surface area contributed by atoms with Gasteiger partial charge in [0.05, 0.1) is 18.4 Å². The number of ether oxygens (including phenoxy) is 4. The molecule has 10 heteroatoms. The van der Waals surface area contributed by atoms with Crippen LogP contribution in [0.25, 0.3) is 0 Å². The van der Waals surface area contributed by atoms with Crippen molar-refractivity contribution in [3.8, 4) is 0 Å². The minimum Gasteiger partial charge on any atom is -0.457 e. The van der Waals surface area contributed by atoms with Crippen LogP contribution >= 0.6 is 0 Å². The number of carbonyl (C=O) groups excluding carboxylic acids is 4. The third kappa shape index (κ3) is 12.2. The lowest BCUT2D eigenvalue weighted by atomic mass is 9.68. The molecule has 0 N–H and O–H groups in total. The highest BCUT2D eigenvalue weighted by atomic mass is 16.6. The number of rotatable bonds is 13. The third-order valence-corrected chi connectivity index (χ3v) is 12.3. The van der Waals surface area contributed by atoms with E-state index in [0.717, 1.165) is 42.5 Å². The number of cyclic esters (lactones) is 2. The minimum absolute atomic E-state index is 0.239. The van der Waals surface area contributed by atoms with Crippen molar-refractivity contribution in [1.82, 2.24) is 4.57 Å². The van der Waals surface area contributed by atoms with Crippen LogP contribution in [0.3, 0.4) is 0 Å². The summed E-state index contributed by atoms with van der Waals surface area (Å²) in [6.07, 6.45) is 21.2. The molecule has 2 saturated heterocycles. The Balaban J connectivity index is 0.000000239. The Bertz CT molecular complexity index is 2240. The number of allylic oxidation sites excluding steroid dienone is 8. The normalized spacial score (nSPS) is 25.3. The van der Waals surface area contributed by atoms with Crippen molar-refractivity contribution in [2.45, 2.75) is 117 Å². The smallest absolute Gasteiger partial charge is 0.355 e. The Labute approximate surface area is 374 Å². The van der Waals surface area contributed by atoms with Crippen molar-refractivity contribution in [3.05, 3.63) is 149 Å². The van der Waals surface area contributed by atoms with Gasteiger partial charge in [-0.3, -0.25) is 9.59 Å². The molecule has 3 heterocycles. The maximum absolute atomic E-state index is 12.8. The summed E-state index contributed by atoms with van der Waals surface area (Å²) >= 11 is 0. The summed E-state index contributed by atoms with van der Waals surface area (Å²) < 4.78 is 24.7. The molecule has 2 aliphatic carbocycles. The second-order valence-corrected chi connectivity index (χ2v) is 18.2. The highest BCUT2D eigenvalue weighted by Gasteiger charge is 2.53. The highest BCUT2D eigenvalue weighted by molar-refractivity contribution is 5.90. The van der Waals surface area contributed by atoms with E-state index in [1.165, 1.54) is 22.3 Å². The van der Waals surface area contributed by atoms with Gasteiger partial charge in [-0.25, -0.2) is 9.59 Å². The van der Waals surface area contributed by atoms with Crippen LogP contribution in [-0.4, -0.2) is 67.0 Å². The molecule has 4 aliphatic rings. The van der Waals surface area contributed by atoms with E-state index < -0.39 is 35.2 Å². The van der Waals surface area contributed by atoms with E-state index in [9.17, 15) is 19.2 Å². The van der Waals surface area contributed by atoms with Crippen molar-refractivity contribution in [2.24, 2.45) is 17.9 Å². The van der Waals surface area contributed by atoms with Gasteiger partial charge in [-0.1, -0.05) is 59.8 Å². The summed E-state index contributed by atoms with van der Waals surface area (Å²) in [4.78, 5) is 51.9. The number of hydrogen-bond donors (Lipinski definition) is 0.